The molecule has 0 bridgehead atoms. The average molecular weight is 223 g/mol. The van der Waals surface area contributed by atoms with Crippen molar-refractivity contribution in [3.63, 3.8) is 0 Å². The highest BCUT2D eigenvalue weighted by Gasteiger charge is 2.23. The topological polar surface area (TPSA) is 23.5 Å². The van der Waals surface area contributed by atoms with Crippen molar-refractivity contribution >= 4 is 5.69 Å². The molecule has 0 saturated carbocycles. The van der Waals surface area contributed by atoms with E-state index in [1.54, 1.807) is 19.1 Å². The van der Waals surface area contributed by atoms with Crippen LogP contribution >= 0.6 is 0 Å². The molecule has 1 aromatic carbocycles. The maximum absolute atomic E-state index is 13.9. The minimum absolute atomic E-state index is 0.229. The molecule has 88 valence electrons. The molecule has 2 unspecified atom stereocenters. The molecule has 1 heterocycles. The second-order valence-corrected chi connectivity index (χ2v) is 4.57. The predicted octanol–water partition coefficient (Wildman–Crippen LogP) is 2.87. The first kappa shape index (κ1) is 11.4. The van der Waals surface area contributed by atoms with Crippen molar-refractivity contribution in [3.8, 4) is 0 Å². The molecule has 1 aliphatic rings. The number of rotatable bonds is 2. The summed E-state index contributed by atoms with van der Waals surface area (Å²) in [5.41, 5.74) is 1.29. The summed E-state index contributed by atoms with van der Waals surface area (Å²) in [6, 6.07) is 5.42. The van der Waals surface area contributed by atoms with Crippen LogP contribution in [0.5, 0.6) is 0 Å². The third kappa shape index (κ3) is 2.05. The largest absolute Gasteiger partial charge is 0.389 e. The van der Waals surface area contributed by atoms with Crippen LogP contribution in [0, 0.1) is 5.82 Å². The van der Waals surface area contributed by atoms with Gasteiger partial charge in [-0.3, -0.25) is 0 Å². The van der Waals surface area contributed by atoms with Crippen LogP contribution in [0.4, 0.5) is 10.1 Å². The second-order valence-electron chi connectivity index (χ2n) is 4.57. The molecule has 1 aromatic rings. The lowest BCUT2D eigenvalue weighted by atomic mass is 10.1. The van der Waals surface area contributed by atoms with Gasteiger partial charge >= 0.3 is 0 Å². The maximum atomic E-state index is 13.9. The minimum Gasteiger partial charge on any atom is -0.389 e. The fraction of sp³-hybridized carbons (Fsp3) is 0.538. The number of aliphatic hydroxyl groups is 1. The zero-order valence-electron chi connectivity index (χ0n) is 9.78. The van der Waals surface area contributed by atoms with Crippen LogP contribution in [0.2, 0.25) is 0 Å². The summed E-state index contributed by atoms with van der Waals surface area (Å²) in [4.78, 5) is 2.10. The van der Waals surface area contributed by atoms with E-state index in [0.29, 0.717) is 17.3 Å². The summed E-state index contributed by atoms with van der Waals surface area (Å²) in [7, 11) is 0. The van der Waals surface area contributed by atoms with Crippen LogP contribution in [0.15, 0.2) is 18.2 Å². The summed E-state index contributed by atoms with van der Waals surface area (Å²) in [6.45, 7) is 4.69. The van der Waals surface area contributed by atoms with Gasteiger partial charge in [-0.25, -0.2) is 4.39 Å². The molecule has 1 saturated heterocycles. The molecular formula is C13H18FNO. The van der Waals surface area contributed by atoms with Gasteiger partial charge in [0.15, 0.2) is 0 Å². The molecule has 0 amide bonds. The van der Waals surface area contributed by atoms with E-state index in [2.05, 4.69) is 11.8 Å². The number of benzene rings is 1. The van der Waals surface area contributed by atoms with Crippen molar-refractivity contribution in [1.82, 2.24) is 0 Å². The van der Waals surface area contributed by atoms with Crippen LogP contribution < -0.4 is 4.90 Å². The number of aliphatic hydroxyl groups excluding tert-OH is 1. The quantitative estimate of drug-likeness (QED) is 0.833. The Morgan fingerprint density at radius 1 is 1.50 bits per heavy atom. The Balaban J connectivity index is 2.28. The summed E-state index contributed by atoms with van der Waals surface area (Å²) >= 11 is 0. The van der Waals surface area contributed by atoms with Crippen molar-refractivity contribution < 1.29 is 9.50 Å². The Kier molecular flexibility index (Phi) is 3.15. The van der Waals surface area contributed by atoms with Crippen molar-refractivity contribution in [1.29, 1.82) is 0 Å². The molecule has 1 fully saturated rings. The highest BCUT2D eigenvalue weighted by molar-refractivity contribution is 5.51. The molecule has 2 atom stereocenters. The van der Waals surface area contributed by atoms with E-state index in [1.165, 1.54) is 6.07 Å². The number of halogens is 1. The monoisotopic (exact) mass is 223 g/mol. The molecule has 2 nitrogen and oxygen atoms in total. The molecule has 1 N–H and O–H groups in total. The second kappa shape index (κ2) is 4.42. The third-order valence-corrected chi connectivity index (χ3v) is 3.32. The van der Waals surface area contributed by atoms with Crippen molar-refractivity contribution in [2.75, 3.05) is 11.4 Å². The fourth-order valence-corrected chi connectivity index (χ4v) is 2.31. The van der Waals surface area contributed by atoms with Gasteiger partial charge in [0.05, 0.1) is 11.8 Å². The van der Waals surface area contributed by atoms with Crippen molar-refractivity contribution in [2.24, 2.45) is 0 Å². The molecule has 0 aliphatic carbocycles. The standard InChI is InChI=1S/C13H18FNO/c1-9-4-3-7-15(9)13-6-5-11(10(2)16)8-12(13)14/h5-6,8-10,16H,3-4,7H2,1-2H3. The van der Waals surface area contributed by atoms with E-state index in [-0.39, 0.29) is 5.82 Å². The molecular weight excluding hydrogens is 205 g/mol. The van der Waals surface area contributed by atoms with Crippen LogP contribution in [-0.2, 0) is 0 Å². The molecule has 16 heavy (non-hydrogen) atoms. The minimum atomic E-state index is -0.612. The van der Waals surface area contributed by atoms with Gasteiger partial charge in [-0.05, 0) is 44.4 Å². The Morgan fingerprint density at radius 3 is 2.75 bits per heavy atom. The number of hydrogen-bond acceptors (Lipinski definition) is 2. The zero-order valence-corrected chi connectivity index (χ0v) is 9.78. The van der Waals surface area contributed by atoms with E-state index in [0.717, 1.165) is 19.4 Å². The lowest BCUT2D eigenvalue weighted by Gasteiger charge is -2.24. The normalized spacial score (nSPS) is 22.5. The smallest absolute Gasteiger partial charge is 0.146 e. The van der Waals surface area contributed by atoms with Crippen LogP contribution in [0.3, 0.4) is 0 Å². The highest BCUT2D eigenvalue weighted by atomic mass is 19.1. The Bertz CT molecular complexity index is 378. The van der Waals surface area contributed by atoms with Gasteiger partial charge in [0.2, 0.25) is 0 Å². The van der Waals surface area contributed by atoms with E-state index in [4.69, 9.17) is 0 Å². The maximum Gasteiger partial charge on any atom is 0.146 e. The summed E-state index contributed by atoms with van der Waals surface area (Å²) in [6.07, 6.45) is 1.63. The molecule has 3 heteroatoms. The number of hydrogen-bond donors (Lipinski definition) is 1. The van der Waals surface area contributed by atoms with E-state index < -0.39 is 6.10 Å². The summed E-state index contributed by atoms with van der Waals surface area (Å²) < 4.78 is 13.9. The van der Waals surface area contributed by atoms with Gasteiger partial charge in [-0.1, -0.05) is 6.07 Å². The van der Waals surface area contributed by atoms with E-state index in [1.807, 2.05) is 0 Å². The first-order valence-corrected chi connectivity index (χ1v) is 5.83. The van der Waals surface area contributed by atoms with Crippen LogP contribution in [0.25, 0.3) is 0 Å². The van der Waals surface area contributed by atoms with Gasteiger partial charge in [-0.15, -0.1) is 0 Å². The first-order chi connectivity index (χ1) is 7.59. The zero-order chi connectivity index (χ0) is 11.7. The van der Waals surface area contributed by atoms with Gasteiger partial charge in [0.1, 0.15) is 5.82 Å². The van der Waals surface area contributed by atoms with Crippen molar-refractivity contribution in [3.05, 3.63) is 29.6 Å². The van der Waals surface area contributed by atoms with Crippen LogP contribution in [-0.4, -0.2) is 17.7 Å². The first-order valence-electron chi connectivity index (χ1n) is 5.83. The Hall–Kier alpha value is -1.09. The fourth-order valence-electron chi connectivity index (χ4n) is 2.31. The van der Waals surface area contributed by atoms with E-state index in [9.17, 15) is 9.50 Å². The Labute approximate surface area is 95.7 Å². The van der Waals surface area contributed by atoms with Gasteiger partial charge in [-0.2, -0.15) is 0 Å². The lowest BCUT2D eigenvalue weighted by molar-refractivity contribution is 0.199. The molecule has 0 aromatic heterocycles. The van der Waals surface area contributed by atoms with E-state index >= 15 is 0 Å². The van der Waals surface area contributed by atoms with Gasteiger partial charge in [0.25, 0.3) is 0 Å². The SMILES string of the molecule is CC(O)c1ccc(N2CCCC2C)c(F)c1. The molecule has 0 spiro atoms. The average Bonchev–Trinajstić information content (AvgIpc) is 2.64. The lowest BCUT2D eigenvalue weighted by Crippen LogP contribution is -2.27. The predicted molar refractivity (Wildman–Crippen MR) is 63.1 cm³/mol. The van der Waals surface area contributed by atoms with Crippen molar-refractivity contribution in [2.45, 2.75) is 38.8 Å². The molecule has 1 aliphatic heterocycles. The molecule has 0 radical (unpaired) electrons. The summed E-state index contributed by atoms with van der Waals surface area (Å²) in [5.74, 6) is -0.229. The third-order valence-electron chi connectivity index (χ3n) is 3.32. The molecule has 2 rings (SSSR count). The highest BCUT2D eigenvalue weighted by Crippen LogP contribution is 2.29. The number of nitrogens with zero attached hydrogens (tertiary/aromatic N) is 1. The number of anilines is 1. The summed E-state index contributed by atoms with van der Waals surface area (Å²) in [5, 5.41) is 9.38. The Morgan fingerprint density at radius 2 is 2.25 bits per heavy atom. The van der Waals surface area contributed by atoms with Gasteiger partial charge < -0.3 is 10.0 Å². The van der Waals surface area contributed by atoms with Crippen LogP contribution in [0.1, 0.15) is 38.4 Å². The van der Waals surface area contributed by atoms with Gasteiger partial charge in [0, 0.05) is 12.6 Å².